The predicted octanol–water partition coefficient (Wildman–Crippen LogP) is 3.07. The maximum absolute atomic E-state index is 11.9. The van der Waals surface area contributed by atoms with Gasteiger partial charge in [-0.15, -0.1) is 0 Å². The second-order valence-electron chi connectivity index (χ2n) is 4.34. The van der Waals surface area contributed by atoms with Crippen LogP contribution in [0.3, 0.4) is 0 Å². The van der Waals surface area contributed by atoms with Crippen LogP contribution in [-0.2, 0) is 4.79 Å². The first-order valence-electron chi connectivity index (χ1n) is 6.14. The standard InChI is InChI=1S/C14H19NO3/c1-4-10(5-2)13(16)15-11-6-7-12(14(17)18)9(3)8-11/h6-8,10H,4-5H2,1-3H3,(H,15,16)(H,17,18). The fourth-order valence-corrected chi connectivity index (χ4v) is 1.89. The van der Waals surface area contributed by atoms with E-state index in [1.54, 1.807) is 19.1 Å². The van der Waals surface area contributed by atoms with E-state index in [0.717, 1.165) is 12.8 Å². The number of carboxylic acids is 1. The molecule has 4 heteroatoms. The fourth-order valence-electron chi connectivity index (χ4n) is 1.89. The van der Waals surface area contributed by atoms with Gasteiger partial charge in [0.15, 0.2) is 0 Å². The van der Waals surface area contributed by atoms with Gasteiger partial charge in [0.05, 0.1) is 5.56 Å². The summed E-state index contributed by atoms with van der Waals surface area (Å²) < 4.78 is 0. The topological polar surface area (TPSA) is 66.4 Å². The molecule has 1 rings (SSSR count). The summed E-state index contributed by atoms with van der Waals surface area (Å²) >= 11 is 0. The van der Waals surface area contributed by atoms with E-state index in [9.17, 15) is 9.59 Å². The van der Waals surface area contributed by atoms with Crippen molar-refractivity contribution in [3.8, 4) is 0 Å². The molecule has 0 saturated heterocycles. The Hall–Kier alpha value is -1.84. The lowest BCUT2D eigenvalue weighted by Gasteiger charge is -2.13. The summed E-state index contributed by atoms with van der Waals surface area (Å²) in [6, 6.07) is 4.82. The second kappa shape index (κ2) is 6.19. The Morgan fingerprint density at radius 1 is 1.28 bits per heavy atom. The van der Waals surface area contributed by atoms with Gasteiger partial charge in [-0.25, -0.2) is 4.79 Å². The molecule has 18 heavy (non-hydrogen) atoms. The molecule has 1 aromatic rings. The summed E-state index contributed by atoms with van der Waals surface area (Å²) in [5, 5.41) is 11.7. The van der Waals surface area contributed by atoms with Crippen molar-refractivity contribution < 1.29 is 14.7 Å². The zero-order valence-corrected chi connectivity index (χ0v) is 11.0. The van der Waals surface area contributed by atoms with Crippen molar-refractivity contribution in [2.45, 2.75) is 33.6 Å². The Labute approximate surface area is 107 Å². The monoisotopic (exact) mass is 249 g/mol. The Bertz CT molecular complexity index is 450. The number of carboxylic acid groups (broad SMARTS) is 1. The highest BCUT2D eigenvalue weighted by molar-refractivity contribution is 5.94. The first-order chi connectivity index (χ1) is 8.49. The average molecular weight is 249 g/mol. The normalized spacial score (nSPS) is 10.4. The lowest BCUT2D eigenvalue weighted by Crippen LogP contribution is -2.21. The number of nitrogens with one attached hydrogen (secondary N) is 1. The zero-order valence-electron chi connectivity index (χ0n) is 11.0. The zero-order chi connectivity index (χ0) is 13.7. The van der Waals surface area contributed by atoms with Crippen LogP contribution < -0.4 is 5.32 Å². The van der Waals surface area contributed by atoms with Crippen LogP contribution in [0.5, 0.6) is 0 Å². The molecule has 98 valence electrons. The SMILES string of the molecule is CCC(CC)C(=O)Nc1ccc(C(=O)O)c(C)c1. The van der Waals surface area contributed by atoms with Gasteiger partial charge >= 0.3 is 5.97 Å². The van der Waals surface area contributed by atoms with Gasteiger partial charge in [-0.3, -0.25) is 4.79 Å². The molecule has 0 fully saturated rings. The number of hydrogen-bond acceptors (Lipinski definition) is 2. The first-order valence-corrected chi connectivity index (χ1v) is 6.14. The molecular weight excluding hydrogens is 230 g/mol. The van der Waals surface area contributed by atoms with Crippen LogP contribution in [0, 0.1) is 12.8 Å². The van der Waals surface area contributed by atoms with Gasteiger partial charge in [0.1, 0.15) is 0 Å². The van der Waals surface area contributed by atoms with Gasteiger partial charge in [0.25, 0.3) is 0 Å². The van der Waals surface area contributed by atoms with Gasteiger partial charge in [-0.05, 0) is 43.5 Å². The van der Waals surface area contributed by atoms with E-state index in [4.69, 9.17) is 5.11 Å². The highest BCUT2D eigenvalue weighted by Crippen LogP contribution is 2.17. The molecule has 0 heterocycles. The average Bonchev–Trinajstić information content (AvgIpc) is 2.30. The summed E-state index contributed by atoms with van der Waals surface area (Å²) in [5.74, 6) is -0.961. The molecule has 0 radical (unpaired) electrons. The predicted molar refractivity (Wildman–Crippen MR) is 70.8 cm³/mol. The third-order valence-electron chi connectivity index (χ3n) is 3.08. The van der Waals surface area contributed by atoms with E-state index < -0.39 is 5.97 Å². The Morgan fingerprint density at radius 3 is 2.33 bits per heavy atom. The number of anilines is 1. The Kier molecular flexibility index (Phi) is 4.89. The van der Waals surface area contributed by atoms with Crippen molar-refractivity contribution in [3.05, 3.63) is 29.3 Å². The van der Waals surface area contributed by atoms with Crippen molar-refractivity contribution in [2.24, 2.45) is 5.92 Å². The highest BCUT2D eigenvalue weighted by Gasteiger charge is 2.15. The summed E-state index contributed by atoms with van der Waals surface area (Å²) in [7, 11) is 0. The van der Waals surface area contributed by atoms with E-state index in [2.05, 4.69) is 5.32 Å². The van der Waals surface area contributed by atoms with E-state index in [1.165, 1.54) is 6.07 Å². The lowest BCUT2D eigenvalue weighted by molar-refractivity contribution is -0.120. The summed E-state index contributed by atoms with van der Waals surface area (Å²) in [4.78, 5) is 22.7. The molecule has 2 N–H and O–H groups in total. The van der Waals surface area contributed by atoms with Crippen molar-refractivity contribution in [2.75, 3.05) is 5.32 Å². The van der Waals surface area contributed by atoms with E-state index in [-0.39, 0.29) is 17.4 Å². The summed E-state index contributed by atoms with van der Waals surface area (Å²) in [5.41, 5.74) is 1.55. The minimum Gasteiger partial charge on any atom is -0.478 e. The Balaban J connectivity index is 2.83. The van der Waals surface area contributed by atoms with Gasteiger partial charge in [0.2, 0.25) is 5.91 Å². The van der Waals surface area contributed by atoms with E-state index >= 15 is 0 Å². The van der Waals surface area contributed by atoms with E-state index in [0.29, 0.717) is 11.3 Å². The number of aromatic carboxylic acids is 1. The van der Waals surface area contributed by atoms with Crippen molar-refractivity contribution in [1.82, 2.24) is 0 Å². The third kappa shape index (κ3) is 3.32. The summed E-state index contributed by atoms with van der Waals surface area (Å²) in [6.07, 6.45) is 1.60. The number of carbonyl (C=O) groups is 2. The molecule has 1 amide bonds. The highest BCUT2D eigenvalue weighted by atomic mass is 16.4. The number of carbonyl (C=O) groups excluding carboxylic acids is 1. The van der Waals surface area contributed by atoms with Crippen LogP contribution in [-0.4, -0.2) is 17.0 Å². The number of aryl methyl sites for hydroxylation is 1. The molecule has 0 unspecified atom stereocenters. The molecule has 0 aliphatic heterocycles. The maximum Gasteiger partial charge on any atom is 0.335 e. The van der Waals surface area contributed by atoms with Gasteiger partial charge in [0, 0.05) is 11.6 Å². The number of rotatable bonds is 5. The molecule has 0 aliphatic carbocycles. The van der Waals surface area contributed by atoms with Crippen LogP contribution >= 0.6 is 0 Å². The number of benzene rings is 1. The second-order valence-corrected chi connectivity index (χ2v) is 4.34. The number of hydrogen-bond donors (Lipinski definition) is 2. The number of amides is 1. The van der Waals surface area contributed by atoms with Crippen molar-refractivity contribution in [1.29, 1.82) is 0 Å². The molecule has 0 aliphatic rings. The molecule has 0 bridgehead atoms. The summed E-state index contributed by atoms with van der Waals surface area (Å²) in [6.45, 7) is 5.68. The van der Waals surface area contributed by atoms with Crippen LogP contribution in [0.25, 0.3) is 0 Å². The third-order valence-corrected chi connectivity index (χ3v) is 3.08. The van der Waals surface area contributed by atoms with Gasteiger partial charge in [-0.2, -0.15) is 0 Å². The molecule has 0 saturated carbocycles. The van der Waals surface area contributed by atoms with Crippen LogP contribution in [0.1, 0.15) is 42.6 Å². The van der Waals surface area contributed by atoms with Crippen molar-refractivity contribution in [3.63, 3.8) is 0 Å². The molecule has 1 aromatic carbocycles. The fraction of sp³-hybridized carbons (Fsp3) is 0.429. The first kappa shape index (κ1) is 14.2. The van der Waals surface area contributed by atoms with Crippen LogP contribution in [0.15, 0.2) is 18.2 Å². The van der Waals surface area contributed by atoms with Gasteiger partial charge in [-0.1, -0.05) is 13.8 Å². The molecule has 0 aromatic heterocycles. The minimum atomic E-state index is -0.953. The largest absolute Gasteiger partial charge is 0.478 e. The van der Waals surface area contributed by atoms with Gasteiger partial charge < -0.3 is 10.4 Å². The maximum atomic E-state index is 11.9. The molecular formula is C14H19NO3. The van der Waals surface area contributed by atoms with Crippen LogP contribution in [0.4, 0.5) is 5.69 Å². The Morgan fingerprint density at radius 2 is 1.89 bits per heavy atom. The molecule has 0 spiro atoms. The smallest absolute Gasteiger partial charge is 0.335 e. The van der Waals surface area contributed by atoms with Crippen molar-refractivity contribution >= 4 is 17.6 Å². The lowest BCUT2D eigenvalue weighted by atomic mass is 10.0. The van der Waals surface area contributed by atoms with Crippen LogP contribution in [0.2, 0.25) is 0 Å². The minimum absolute atomic E-state index is 0.00413. The molecule has 0 atom stereocenters. The van der Waals surface area contributed by atoms with E-state index in [1.807, 2.05) is 13.8 Å². The quantitative estimate of drug-likeness (QED) is 0.842. The molecule has 4 nitrogen and oxygen atoms in total.